The fourth-order valence-electron chi connectivity index (χ4n) is 10.0. The molecular formula is C49H37BN2O2. The van der Waals surface area contributed by atoms with Crippen LogP contribution >= 0.6 is 0 Å². The number of rotatable bonds is 1. The van der Waals surface area contributed by atoms with Crippen molar-refractivity contribution in [2.24, 2.45) is 0 Å². The highest BCUT2D eigenvalue weighted by Crippen LogP contribution is 2.57. The number of hydrogen-bond acceptors (Lipinski definition) is 4. The van der Waals surface area contributed by atoms with Crippen molar-refractivity contribution in [1.82, 2.24) is 0 Å². The van der Waals surface area contributed by atoms with Gasteiger partial charge in [0.15, 0.2) is 5.58 Å². The molecule has 5 heterocycles. The van der Waals surface area contributed by atoms with Gasteiger partial charge in [0.05, 0.1) is 11.4 Å². The SMILES string of the molecule is CC(C)(C)c1ccc(N2B3c4cccc5c4N(c4ccccc4C5(C)C)c4c3c(cc3c4oc4ccccc43)-c3c2ccc2oc4ccccc4c32)cc1. The standard InChI is InChI=1S/C49H37BN2O2/c1-48(2,3)28-21-23-29(24-22-28)52-38-25-26-41-43(31-14-7-11-20-40(31)53-41)42(38)33-27-32-30-13-6-10-19-39(30)54-47(32)46-44(33)50(52)36-17-12-16-35-45(36)51(46)37-18-9-8-15-34(37)49(35,4)5/h6-27H,1-5H3. The number of para-hydroxylation sites is 4. The maximum atomic E-state index is 7.05. The number of benzene rings is 7. The summed E-state index contributed by atoms with van der Waals surface area (Å²) < 4.78 is 13.7. The van der Waals surface area contributed by atoms with Crippen LogP contribution in [0.3, 0.4) is 0 Å². The zero-order valence-electron chi connectivity index (χ0n) is 31.0. The van der Waals surface area contributed by atoms with Gasteiger partial charge in [0, 0.05) is 49.6 Å². The molecule has 3 aliphatic rings. The zero-order valence-corrected chi connectivity index (χ0v) is 31.0. The molecule has 0 fully saturated rings. The van der Waals surface area contributed by atoms with Crippen LogP contribution in [0.4, 0.5) is 28.4 Å². The number of hydrogen-bond donors (Lipinski definition) is 0. The van der Waals surface area contributed by atoms with Gasteiger partial charge < -0.3 is 18.5 Å². The van der Waals surface area contributed by atoms with E-state index in [1.807, 2.05) is 0 Å². The first-order valence-corrected chi connectivity index (χ1v) is 19.1. The van der Waals surface area contributed by atoms with Crippen molar-refractivity contribution in [3.05, 3.63) is 150 Å². The normalized spacial score (nSPS) is 15.2. The van der Waals surface area contributed by atoms with Crippen LogP contribution < -0.4 is 20.6 Å². The Labute approximate surface area is 314 Å². The summed E-state index contributed by atoms with van der Waals surface area (Å²) in [6.45, 7) is 11.5. The van der Waals surface area contributed by atoms with Gasteiger partial charge in [0.2, 0.25) is 0 Å². The number of nitrogens with zero attached hydrogens (tertiary/aromatic N) is 2. The van der Waals surface area contributed by atoms with Crippen LogP contribution in [0, 0.1) is 0 Å². The first-order valence-electron chi connectivity index (χ1n) is 19.1. The predicted molar refractivity (Wildman–Crippen MR) is 226 cm³/mol. The molecule has 7 aromatic carbocycles. The van der Waals surface area contributed by atoms with E-state index in [4.69, 9.17) is 8.83 Å². The fourth-order valence-corrected chi connectivity index (χ4v) is 10.0. The maximum Gasteiger partial charge on any atom is 0.333 e. The number of anilines is 5. The lowest BCUT2D eigenvalue weighted by atomic mass is 9.42. The minimum Gasteiger partial charge on any atom is -0.456 e. The summed E-state index contributed by atoms with van der Waals surface area (Å²) in [5, 5.41) is 4.52. The minimum atomic E-state index is -0.214. The van der Waals surface area contributed by atoms with E-state index in [-0.39, 0.29) is 17.7 Å². The summed E-state index contributed by atoms with van der Waals surface area (Å²) in [5.74, 6) is 0. The number of fused-ring (bicyclic) bond motifs is 14. The average Bonchev–Trinajstić information content (AvgIpc) is 3.75. The molecule has 0 saturated carbocycles. The number of furan rings is 2. The molecule has 9 aromatic rings. The molecular weight excluding hydrogens is 659 g/mol. The van der Waals surface area contributed by atoms with Gasteiger partial charge in [-0.1, -0.05) is 120 Å². The molecule has 12 rings (SSSR count). The Morgan fingerprint density at radius 3 is 2.09 bits per heavy atom. The van der Waals surface area contributed by atoms with Crippen LogP contribution in [-0.2, 0) is 10.8 Å². The topological polar surface area (TPSA) is 32.8 Å². The van der Waals surface area contributed by atoms with Gasteiger partial charge >= 0.3 is 6.85 Å². The first kappa shape index (κ1) is 30.3. The van der Waals surface area contributed by atoms with E-state index in [0.717, 1.165) is 55.3 Å². The second-order valence-electron chi connectivity index (χ2n) is 16.9. The summed E-state index contributed by atoms with van der Waals surface area (Å²) in [6, 6.07) is 49.1. The second-order valence-corrected chi connectivity index (χ2v) is 16.9. The monoisotopic (exact) mass is 696 g/mol. The maximum absolute atomic E-state index is 7.05. The van der Waals surface area contributed by atoms with Crippen molar-refractivity contribution in [1.29, 1.82) is 0 Å². The smallest absolute Gasteiger partial charge is 0.333 e. The van der Waals surface area contributed by atoms with Gasteiger partial charge in [0.1, 0.15) is 16.7 Å². The van der Waals surface area contributed by atoms with Crippen molar-refractivity contribution in [2.45, 2.75) is 45.4 Å². The zero-order chi connectivity index (χ0) is 36.2. The lowest BCUT2D eigenvalue weighted by molar-refractivity contribution is 0.590. The Balaban J connectivity index is 1.31. The minimum absolute atomic E-state index is 0.0374. The Morgan fingerprint density at radius 2 is 1.30 bits per heavy atom. The molecule has 54 heavy (non-hydrogen) atoms. The highest BCUT2D eigenvalue weighted by atomic mass is 16.3. The van der Waals surface area contributed by atoms with Crippen LogP contribution in [0.15, 0.2) is 142 Å². The molecule has 0 atom stereocenters. The fraction of sp³-hybridized carbons (Fsp3) is 0.143. The Kier molecular flexibility index (Phi) is 5.64. The van der Waals surface area contributed by atoms with E-state index in [0.29, 0.717) is 0 Å². The van der Waals surface area contributed by atoms with Crippen molar-refractivity contribution in [3.63, 3.8) is 0 Å². The highest BCUT2D eigenvalue weighted by Gasteiger charge is 2.51. The molecule has 0 radical (unpaired) electrons. The third-order valence-electron chi connectivity index (χ3n) is 12.6. The largest absolute Gasteiger partial charge is 0.456 e. The molecule has 2 aromatic heterocycles. The van der Waals surface area contributed by atoms with Gasteiger partial charge in [0.25, 0.3) is 0 Å². The van der Waals surface area contributed by atoms with Crippen LogP contribution in [0.2, 0.25) is 0 Å². The molecule has 4 nitrogen and oxygen atoms in total. The van der Waals surface area contributed by atoms with Crippen LogP contribution in [0.5, 0.6) is 0 Å². The van der Waals surface area contributed by atoms with Crippen molar-refractivity contribution < 1.29 is 8.83 Å². The Morgan fingerprint density at radius 1 is 0.593 bits per heavy atom. The Hall–Kier alpha value is -6.20. The highest BCUT2D eigenvalue weighted by molar-refractivity contribution is 6.94. The average molecular weight is 697 g/mol. The molecule has 3 aliphatic heterocycles. The molecule has 0 bridgehead atoms. The van der Waals surface area contributed by atoms with Crippen molar-refractivity contribution >= 4 is 90.1 Å². The van der Waals surface area contributed by atoms with E-state index in [1.165, 1.54) is 55.8 Å². The van der Waals surface area contributed by atoms with Crippen molar-refractivity contribution in [2.75, 3.05) is 9.71 Å². The molecule has 5 heteroatoms. The summed E-state index contributed by atoms with van der Waals surface area (Å²) >= 11 is 0. The van der Waals surface area contributed by atoms with E-state index >= 15 is 0 Å². The quantitative estimate of drug-likeness (QED) is 0.160. The summed E-state index contributed by atoms with van der Waals surface area (Å²) in [6.07, 6.45) is 0. The lowest BCUT2D eigenvalue weighted by Gasteiger charge is -2.50. The third kappa shape index (κ3) is 3.69. The molecule has 0 unspecified atom stereocenters. The molecule has 258 valence electrons. The van der Waals surface area contributed by atoms with Gasteiger partial charge in [-0.3, -0.25) is 0 Å². The molecule has 0 aliphatic carbocycles. The Bertz CT molecular complexity index is 3090. The molecule has 0 N–H and O–H groups in total. The lowest BCUT2D eigenvalue weighted by Crippen LogP contribution is -2.62. The van der Waals surface area contributed by atoms with Gasteiger partial charge in [-0.25, -0.2) is 0 Å². The van der Waals surface area contributed by atoms with E-state index in [1.54, 1.807) is 0 Å². The van der Waals surface area contributed by atoms with E-state index < -0.39 is 0 Å². The second kappa shape index (κ2) is 10.1. The summed E-state index contributed by atoms with van der Waals surface area (Å²) in [4.78, 5) is 5.15. The summed E-state index contributed by atoms with van der Waals surface area (Å²) in [5.41, 5.74) is 18.3. The van der Waals surface area contributed by atoms with E-state index in [2.05, 4.69) is 178 Å². The van der Waals surface area contributed by atoms with Gasteiger partial charge in [-0.15, -0.1) is 0 Å². The van der Waals surface area contributed by atoms with Crippen molar-refractivity contribution in [3.8, 4) is 11.1 Å². The van der Waals surface area contributed by atoms with Crippen LogP contribution in [0.1, 0.15) is 51.3 Å². The van der Waals surface area contributed by atoms with Crippen LogP contribution in [-0.4, -0.2) is 6.85 Å². The molecule has 0 spiro atoms. The summed E-state index contributed by atoms with van der Waals surface area (Å²) in [7, 11) is 0. The third-order valence-corrected chi connectivity index (χ3v) is 12.6. The van der Waals surface area contributed by atoms with Gasteiger partial charge in [-0.05, 0) is 87.1 Å². The van der Waals surface area contributed by atoms with E-state index in [9.17, 15) is 0 Å². The van der Waals surface area contributed by atoms with Gasteiger partial charge in [-0.2, -0.15) is 0 Å². The first-order chi connectivity index (χ1) is 26.2. The molecule has 0 amide bonds. The molecule has 0 saturated heterocycles. The van der Waals surface area contributed by atoms with Crippen LogP contribution in [0.25, 0.3) is 55.0 Å². The predicted octanol–water partition coefficient (Wildman–Crippen LogP) is 12.1.